The number of nitrogens with one attached hydrogen (secondary N) is 1. The lowest BCUT2D eigenvalue weighted by atomic mass is 10.1. The third-order valence-corrected chi connectivity index (χ3v) is 3.41. The van der Waals surface area contributed by atoms with E-state index in [9.17, 15) is 19.3 Å². The number of carbonyl (C=O) groups is 1. The van der Waals surface area contributed by atoms with E-state index >= 15 is 0 Å². The van der Waals surface area contributed by atoms with E-state index in [1.165, 1.54) is 13.2 Å². The zero-order chi connectivity index (χ0) is 17.7. The molecule has 0 fully saturated rings. The molecule has 0 atom stereocenters. The first kappa shape index (κ1) is 17.2. The summed E-state index contributed by atoms with van der Waals surface area (Å²) in [6.07, 6.45) is 0.498. The highest BCUT2D eigenvalue weighted by atomic mass is 19.1. The van der Waals surface area contributed by atoms with Gasteiger partial charge in [-0.05, 0) is 24.1 Å². The third-order valence-electron chi connectivity index (χ3n) is 3.41. The van der Waals surface area contributed by atoms with Crippen molar-refractivity contribution in [3.8, 4) is 5.75 Å². The Morgan fingerprint density at radius 1 is 1.38 bits per heavy atom. The molecule has 2 aromatic rings. The number of nitrogens with zero attached hydrogens (tertiary/aromatic N) is 1. The van der Waals surface area contributed by atoms with Crippen LogP contribution in [0.2, 0.25) is 0 Å². The Morgan fingerprint density at radius 2 is 2.12 bits per heavy atom. The number of ether oxygens (including phenoxy) is 1. The monoisotopic (exact) mass is 333 g/mol. The second-order valence-electron chi connectivity index (χ2n) is 5.00. The van der Waals surface area contributed by atoms with Gasteiger partial charge in [-0.15, -0.1) is 0 Å². The molecule has 0 aliphatic heterocycles. The first-order chi connectivity index (χ1) is 11.4. The minimum absolute atomic E-state index is 0.0844. The maximum atomic E-state index is 13.6. The Bertz CT molecular complexity index is 780. The van der Waals surface area contributed by atoms with Crippen molar-refractivity contribution in [2.75, 3.05) is 19.0 Å². The number of halogens is 1. The Balaban J connectivity index is 2.13. The fourth-order valence-corrected chi connectivity index (χ4v) is 2.21. The van der Waals surface area contributed by atoms with Gasteiger partial charge < -0.3 is 15.8 Å². The molecule has 0 bridgehead atoms. The zero-order valence-corrected chi connectivity index (χ0v) is 12.9. The highest BCUT2D eigenvalue weighted by Crippen LogP contribution is 2.31. The Hall–Kier alpha value is -3.16. The number of primary amides is 1. The van der Waals surface area contributed by atoms with Crippen LogP contribution >= 0.6 is 0 Å². The van der Waals surface area contributed by atoms with Gasteiger partial charge in [-0.3, -0.25) is 14.9 Å². The van der Waals surface area contributed by atoms with E-state index in [0.29, 0.717) is 18.5 Å². The van der Waals surface area contributed by atoms with Crippen molar-refractivity contribution in [3.05, 3.63) is 63.5 Å². The molecule has 1 amide bonds. The van der Waals surface area contributed by atoms with Crippen LogP contribution in [0.4, 0.5) is 15.8 Å². The largest absolute Gasteiger partial charge is 0.494 e. The third kappa shape index (κ3) is 3.97. The molecule has 2 aromatic carbocycles. The van der Waals surface area contributed by atoms with Crippen molar-refractivity contribution in [1.82, 2.24) is 0 Å². The molecule has 7 nitrogen and oxygen atoms in total. The second kappa shape index (κ2) is 7.40. The summed E-state index contributed by atoms with van der Waals surface area (Å²) >= 11 is 0. The number of rotatable bonds is 7. The molecular formula is C16H16FN3O4. The van der Waals surface area contributed by atoms with Crippen molar-refractivity contribution < 1.29 is 18.8 Å². The second-order valence-corrected chi connectivity index (χ2v) is 5.00. The Kier molecular flexibility index (Phi) is 5.31. The van der Waals surface area contributed by atoms with Crippen LogP contribution in [0.3, 0.4) is 0 Å². The van der Waals surface area contributed by atoms with E-state index in [1.807, 2.05) is 6.07 Å². The minimum Gasteiger partial charge on any atom is -0.494 e. The van der Waals surface area contributed by atoms with Crippen molar-refractivity contribution >= 4 is 17.3 Å². The van der Waals surface area contributed by atoms with Crippen molar-refractivity contribution in [1.29, 1.82) is 0 Å². The molecule has 0 aliphatic rings. The average molecular weight is 333 g/mol. The normalized spacial score (nSPS) is 10.2. The number of benzene rings is 2. The summed E-state index contributed by atoms with van der Waals surface area (Å²) in [5, 5.41) is 13.9. The van der Waals surface area contributed by atoms with E-state index in [0.717, 1.165) is 11.6 Å². The van der Waals surface area contributed by atoms with Crippen LogP contribution in [0.1, 0.15) is 15.9 Å². The van der Waals surface area contributed by atoms with Crippen LogP contribution in [0.15, 0.2) is 36.4 Å². The van der Waals surface area contributed by atoms with Gasteiger partial charge in [0.25, 0.3) is 5.69 Å². The van der Waals surface area contributed by atoms with Crippen LogP contribution in [-0.4, -0.2) is 24.5 Å². The number of nitrogens with two attached hydrogens (primary N) is 1. The van der Waals surface area contributed by atoms with Gasteiger partial charge in [0.1, 0.15) is 5.69 Å². The van der Waals surface area contributed by atoms with E-state index in [4.69, 9.17) is 10.5 Å². The number of methoxy groups -OCH3 is 1. The molecule has 0 saturated carbocycles. The molecule has 0 saturated heterocycles. The van der Waals surface area contributed by atoms with Crippen LogP contribution in [0.5, 0.6) is 5.75 Å². The molecule has 126 valence electrons. The highest BCUT2D eigenvalue weighted by molar-refractivity contribution is 5.92. The molecule has 2 rings (SSSR count). The SMILES string of the molecule is COc1cc(NCCc2cccc(C(N)=O)c2)c([N+](=O)[O-])cc1F. The summed E-state index contributed by atoms with van der Waals surface area (Å²) in [4.78, 5) is 21.5. The number of carbonyl (C=O) groups excluding carboxylic acids is 1. The van der Waals surface area contributed by atoms with E-state index in [-0.39, 0.29) is 17.1 Å². The van der Waals surface area contributed by atoms with Crippen molar-refractivity contribution in [2.45, 2.75) is 6.42 Å². The fourth-order valence-electron chi connectivity index (χ4n) is 2.21. The molecular weight excluding hydrogens is 317 g/mol. The number of nitro groups is 1. The van der Waals surface area contributed by atoms with Crippen LogP contribution in [0.25, 0.3) is 0 Å². The van der Waals surface area contributed by atoms with Crippen LogP contribution < -0.4 is 15.8 Å². The van der Waals surface area contributed by atoms with Gasteiger partial charge in [-0.25, -0.2) is 4.39 Å². The highest BCUT2D eigenvalue weighted by Gasteiger charge is 2.18. The fraction of sp³-hybridized carbons (Fsp3) is 0.188. The first-order valence-electron chi connectivity index (χ1n) is 7.07. The summed E-state index contributed by atoms with van der Waals surface area (Å²) in [7, 11) is 1.28. The first-order valence-corrected chi connectivity index (χ1v) is 7.07. The van der Waals surface area contributed by atoms with Crippen LogP contribution in [0, 0.1) is 15.9 Å². The Morgan fingerprint density at radius 3 is 2.75 bits per heavy atom. The molecule has 0 radical (unpaired) electrons. The molecule has 0 unspecified atom stereocenters. The maximum Gasteiger partial charge on any atom is 0.295 e. The quantitative estimate of drug-likeness (QED) is 0.598. The summed E-state index contributed by atoms with van der Waals surface area (Å²) in [6, 6.07) is 8.84. The molecule has 0 spiro atoms. The van der Waals surface area contributed by atoms with Gasteiger partial charge >= 0.3 is 0 Å². The summed E-state index contributed by atoms with van der Waals surface area (Å²) in [6.45, 7) is 0.345. The lowest BCUT2D eigenvalue weighted by Gasteiger charge is -2.10. The molecule has 0 heterocycles. The molecule has 0 aliphatic carbocycles. The number of hydrogen-bond acceptors (Lipinski definition) is 5. The smallest absolute Gasteiger partial charge is 0.295 e. The zero-order valence-electron chi connectivity index (χ0n) is 12.9. The standard InChI is InChI=1S/C16H16FN3O4/c1-24-15-9-13(14(20(22)23)8-12(15)17)19-6-5-10-3-2-4-11(7-10)16(18)21/h2-4,7-9,19H,5-6H2,1H3,(H2,18,21). The number of amides is 1. The van der Waals surface area contributed by atoms with Gasteiger partial charge in [0.2, 0.25) is 5.91 Å². The van der Waals surface area contributed by atoms with Gasteiger partial charge in [0.05, 0.1) is 18.1 Å². The molecule has 0 aromatic heterocycles. The summed E-state index contributed by atoms with van der Waals surface area (Å²) in [5.41, 5.74) is 6.24. The van der Waals surface area contributed by atoms with E-state index in [2.05, 4.69) is 5.32 Å². The summed E-state index contributed by atoms with van der Waals surface area (Å²) in [5.74, 6) is -1.41. The number of anilines is 1. The van der Waals surface area contributed by atoms with E-state index in [1.54, 1.807) is 18.2 Å². The Labute approximate surface area is 137 Å². The lowest BCUT2D eigenvalue weighted by molar-refractivity contribution is -0.384. The van der Waals surface area contributed by atoms with Crippen LogP contribution in [-0.2, 0) is 6.42 Å². The maximum absolute atomic E-state index is 13.6. The lowest BCUT2D eigenvalue weighted by Crippen LogP contribution is -2.12. The predicted octanol–water partition coefficient (Wildman–Crippen LogP) is 2.50. The van der Waals surface area contributed by atoms with Crippen molar-refractivity contribution in [2.24, 2.45) is 5.73 Å². The minimum atomic E-state index is -0.802. The predicted molar refractivity (Wildman–Crippen MR) is 86.8 cm³/mol. The number of nitro benzene ring substituents is 1. The average Bonchev–Trinajstić information content (AvgIpc) is 2.55. The molecule has 24 heavy (non-hydrogen) atoms. The van der Waals surface area contributed by atoms with Gasteiger partial charge in [0.15, 0.2) is 11.6 Å². The molecule has 3 N–H and O–H groups in total. The van der Waals surface area contributed by atoms with Crippen molar-refractivity contribution in [3.63, 3.8) is 0 Å². The van der Waals surface area contributed by atoms with Gasteiger partial charge in [-0.1, -0.05) is 12.1 Å². The summed E-state index contributed by atoms with van der Waals surface area (Å²) < 4.78 is 18.4. The van der Waals surface area contributed by atoms with E-state index < -0.39 is 16.6 Å². The molecule has 8 heteroatoms. The number of hydrogen-bond donors (Lipinski definition) is 2. The van der Waals surface area contributed by atoms with Gasteiger partial charge in [0, 0.05) is 18.2 Å². The van der Waals surface area contributed by atoms with Gasteiger partial charge in [-0.2, -0.15) is 0 Å². The topological polar surface area (TPSA) is 107 Å².